The molecule has 2 aromatic carbocycles. The average Bonchev–Trinajstić information content (AvgIpc) is 3.20. The summed E-state index contributed by atoms with van der Waals surface area (Å²) >= 11 is 1.22. The predicted molar refractivity (Wildman–Crippen MR) is 101 cm³/mol. The Morgan fingerprint density at radius 1 is 1.21 bits per heavy atom. The molecule has 1 aliphatic heterocycles. The number of tetrazole rings is 1. The van der Waals surface area contributed by atoms with Gasteiger partial charge in [0, 0.05) is 0 Å². The first-order chi connectivity index (χ1) is 13.7. The molecule has 0 fully saturated rings. The molecular weight excluding hydrogens is 382 g/mol. The molecule has 2 N–H and O–H groups in total. The summed E-state index contributed by atoms with van der Waals surface area (Å²) in [6.07, 6.45) is -0.244. The van der Waals surface area contributed by atoms with E-state index < -0.39 is 0 Å². The molecule has 10 heteroatoms. The van der Waals surface area contributed by atoms with Crippen molar-refractivity contribution < 1.29 is 19.4 Å². The first-order valence-electron chi connectivity index (χ1n) is 8.55. The Bertz CT molecular complexity index is 963. The highest BCUT2D eigenvalue weighted by atomic mass is 32.2. The van der Waals surface area contributed by atoms with Crippen molar-refractivity contribution in [2.75, 3.05) is 18.9 Å². The maximum Gasteiger partial charge on any atom is 0.230 e. The number of phenolic OH excluding ortho intramolecular Hbond substituents is 1. The second kappa shape index (κ2) is 8.17. The van der Waals surface area contributed by atoms with Crippen molar-refractivity contribution in [1.29, 1.82) is 0 Å². The van der Waals surface area contributed by atoms with Crippen molar-refractivity contribution in [1.82, 2.24) is 25.5 Å². The Morgan fingerprint density at radius 3 is 2.82 bits per heavy atom. The monoisotopic (exact) mass is 399 g/mol. The molecule has 1 atom stereocenters. The zero-order valence-electron chi connectivity index (χ0n) is 14.7. The lowest BCUT2D eigenvalue weighted by atomic mass is 10.2. The van der Waals surface area contributed by atoms with Crippen molar-refractivity contribution in [3.8, 4) is 22.9 Å². The molecule has 4 rings (SSSR count). The molecule has 28 heavy (non-hydrogen) atoms. The molecule has 2 heterocycles. The van der Waals surface area contributed by atoms with Crippen LogP contribution in [0.5, 0.6) is 17.2 Å². The Balaban J connectivity index is 1.28. The van der Waals surface area contributed by atoms with E-state index in [0.29, 0.717) is 35.5 Å². The van der Waals surface area contributed by atoms with Crippen LogP contribution in [0.4, 0.5) is 0 Å². The standard InChI is InChI=1S/C18H17N5O4S/c24-13-7-5-12(6-8-13)23-18(20-21-22-23)28-11-17(25)19-9-14-10-26-15-3-1-2-4-16(15)27-14/h1-8,14,24H,9-11H2,(H,19,25)/t14-/m0/s1. The highest BCUT2D eigenvalue weighted by Crippen LogP contribution is 2.30. The van der Waals surface area contributed by atoms with Gasteiger partial charge in [-0.25, -0.2) is 0 Å². The summed E-state index contributed by atoms with van der Waals surface area (Å²) in [6.45, 7) is 0.722. The van der Waals surface area contributed by atoms with Gasteiger partial charge in [0.05, 0.1) is 18.0 Å². The lowest BCUT2D eigenvalue weighted by molar-refractivity contribution is -0.119. The van der Waals surface area contributed by atoms with E-state index in [9.17, 15) is 9.90 Å². The first kappa shape index (κ1) is 18.1. The van der Waals surface area contributed by atoms with Crippen LogP contribution in [-0.2, 0) is 4.79 Å². The van der Waals surface area contributed by atoms with Gasteiger partial charge in [-0.3, -0.25) is 4.79 Å². The van der Waals surface area contributed by atoms with Gasteiger partial charge in [0.25, 0.3) is 0 Å². The number of phenols is 1. The number of aromatic hydroxyl groups is 1. The minimum Gasteiger partial charge on any atom is -0.508 e. The van der Waals surface area contributed by atoms with E-state index in [2.05, 4.69) is 20.8 Å². The quantitative estimate of drug-likeness (QED) is 0.599. The second-order valence-electron chi connectivity index (χ2n) is 5.98. The summed E-state index contributed by atoms with van der Waals surface area (Å²) in [5, 5.41) is 24.2. The van der Waals surface area contributed by atoms with Crippen molar-refractivity contribution in [2.24, 2.45) is 0 Å². The number of carbonyl (C=O) groups excluding carboxylic acids is 1. The number of amides is 1. The van der Waals surface area contributed by atoms with E-state index in [-0.39, 0.29) is 23.5 Å². The number of nitrogens with zero attached hydrogens (tertiary/aromatic N) is 4. The minimum absolute atomic E-state index is 0.155. The van der Waals surface area contributed by atoms with Crippen molar-refractivity contribution in [3.05, 3.63) is 48.5 Å². The number of aromatic nitrogens is 4. The third-order valence-electron chi connectivity index (χ3n) is 3.96. The molecule has 0 unspecified atom stereocenters. The van der Waals surface area contributed by atoms with Crippen molar-refractivity contribution >= 4 is 17.7 Å². The maximum absolute atomic E-state index is 12.2. The third-order valence-corrected chi connectivity index (χ3v) is 4.88. The molecule has 0 spiro atoms. The number of carbonyl (C=O) groups is 1. The Hall–Kier alpha value is -3.27. The van der Waals surface area contributed by atoms with Crippen LogP contribution in [0.1, 0.15) is 0 Å². The van der Waals surface area contributed by atoms with E-state index in [1.807, 2.05) is 24.3 Å². The fourth-order valence-electron chi connectivity index (χ4n) is 2.60. The van der Waals surface area contributed by atoms with Crippen LogP contribution >= 0.6 is 11.8 Å². The summed E-state index contributed by atoms with van der Waals surface area (Å²) in [6, 6.07) is 13.9. The fraction of sp³-hybridized carbons (Fsp3) is 0.222. The van der Waals surface area contributed by atoms with Crippen LogP contribution in [0.15, 0.2) is 53.7 Å². The minimum atomic E-state index is -0.244. The molecule has 0 radical (unpaired) electrons. The normalized spacial score (nSPS) is 15.2. The van der Waals surface area contributed by atoms with Crippen molar-refractivity contribution in [2.45, 2.75) is 11.3 Å². The number of ether oxygens (including phenoxy) is 2. The van der Waals surface area contributed by atoms with Gasteiger partial charge in [0.2, 0.25) is 11.1 Å². The molecule has 1 aromatic heterocycles. The first-order valence-corrected chi connectivity index (χ1v) is 9.53. The van der Waals surface area contributed by atoms with Gasteiger partial charge in [0.1, 0.15) is 18.5 Å². The smallest absolute Gasteiger partial charge is 0.230 e. The zero-order chi connectivity index (χ0) is 19.3. The van der Waals surface area contributed by atoms with Crippen LogP contribution in [0.3, 0.4) is 0 Å². The molecule has 1 aliphatic rings. The molecule has 1 amide bonds. The fourth-order valence-corrected chi connectivity index (χ4v) is 3.32. The van der Waals surface area contributed by atoms with E-state index >= 15 is 0 Å². The van der Waals surface area contributed by atoms with Gasteiger partial charge in [-0.15, -0.1) is 5.10 Å². The molecule has 0 bridgehead atoms. The third kappa shape index (κ3) is 4.17. The molecule has 3 aromatic rings. The number of rotatable bonds is 6. The van der Waals surface area contributed by atoms with E-state index in [0.717, 1.165) is 0 Å². The number of nitrogens with one attached hydrogen (secondary N) is 1. The number of para-hydroxylation sites is 2. The van der Waals surface area contributed by atoms with Gasteiger partial charge in [-0.1, -0.05) is 23.9 Å². The van der Waals surface area contributed by atoms with Crippen LogP contribution in [-0.4, -0.2) is 56.2 Å². The number of hydrogen-bond acceptors (Lipinski definition) is 8. The lowest BCUT2D eigenvalue weighted by Gasteiger charge is -2.26. The van der Waals surface area contributed by atoms with E-state index in [1.54, 1.807) is 24.3 Å². The van der Waals surface area contributed by atoms with Gasteiger partial charge in [0.15, 0.2) is 11.5 Å². The molecule has 0 saturated carbocycles. The van der Waals surface area contributed by atoms with Crippen molar-refractivity contribution in [3.63, 3.8) is 0 Å². The highest BCUT2D eigenvalue weighted by Gasteiger charge is 2.21. The number of hydrogen-bond donors (Lipinski definition) is 2. The van der Waals surface area contributed by atoms with Gasteiger partial charge in [-0.05, 0) is 46.8 Å². The summed E-state index contributed by atoms with van der Waals surface area (Å²) in [7, 11) is 0. The Morgan fingerprint density at radius 2 is 2.00 bits per heavy atom. The Kier molecular flexibility index (Phi) is 5.29. The predicted octanol–water partition coefficient (Wildman–Crippen LogP) is 1.42. The second-order valence-corrected chi connectivity index (χ2v) is 6.92. The van der Waals surface area contributed by atoms with Crippen LogP contribution in [0, 0.1) is 0 Å². The van der Waals surface area contributed by atoms with Gasteiger partial charge in [-0.2, -0.15) is 4.68 Å². The maximum atomic E-state index is 12.2. The topological polar surface area (TPSA) is 111 Å². The number of thioether (sulfide) groups is 1. The summed E-state index contributed by atoms with van der Waals surface area (Å²) in [5.41, 5.74) is 0.692. The molecular formula is C18H17N5O4S. The summed E-state index contributed by atoms with van der Waals surface area (Å²) in [5.74, 6) is 1.54. The lowest BCUT2D eigenvalue weighted by Crippen LogP contribution is -2.41. The summed E-state index contributed by atoms with van der Waals surface area (Å²) < 4.78 is 13.0. The van der Waals surface area contributed by atoms with Crippen LogP contribution < -0.4 is 14.8 Å². The SMILES string of the molecule is O=C(CSc1nnnn1-c1ccc(O)cc1)NC[C@H]1COc2ccccc2O1. The van der Waals surface area contributed by atoms with E-state index in [1.165, 1.54) is 16.4 Å². The Labute approximate surface area is 164 Å². The largest absolute Gasteiger partial charge is 0.508 e. The van der Waals surface area contributed by atoms with E-state index in [4.69, 9.17) is 9.47 Å². The number of fused-ring (bicyclic) bond motifs is 1. The van der Waals surface area contributed by atoms with Crippen LogP contribution in [0.25, 0.3) is 5.69 Å². The van der Waals surface area contributed by atoms with Crippen LogP contribution in [0.2, 0.25) is 0 Å². The highest BCUT2D eigenvalue weighted by molar-refractivity contribution is 7.99. The number of benzene rings is 2. The zero-order valence-corrected chi connectivity index (χ0v) is 15.5. The molecule has 144 valence electrons. The van der Waals surface area contributed by atoms with Gasteiger partial charge >= 0.3 is 0 Å². The molecule has 0 aliphatic carbocycles. The molecule has 0 saturated heterocycles. The molecule has 9 nitrogen and oxygen atoms in total. The average molecular weight is 399 g/mol. The van der Waals surface area contributed by atoms with Gasteiger partial charge < -0.3 is 19.9 Å². The summed E-state index contributed by atoms with van der Waals surface area (Å²) in [4.78, 5) is 12.2.